The van der Waals surface area contributed by atoms with E-state index in [1.54, 1.807) is 0 Å². The van der Waals surface area contributed by atoms with Gasteiger partial charge >= 0.3 is 0 Å². The molecule has 0 fully saturated rings. The van der Waals surface area contributed by atoms with Gasteiger partial charge in [-0.3, -0.25) is 0 Å². The Morgan fingerprint density at radius 3 is 2.31 bits per heavy atom. The summed E-state index contributed by atoms with van der Waals surface area (Å²) in [5.41, 5.74) is 5.67. The number of hydrogen-bond donors (Lipinski definition) is 2. The molecule has 1 aromatic heterocycles. The largest absolute Gasteiger partial charge is 0.368 e. The van der Waals surface area contributed by atoms with E-state index in [1.807, 2.05) is 0 Å². The molecule has 5 heteroatoms. The molecule has 3 N–H and O–H groups in total. The van der Waals surface area contributed by atoms with E-state index in [-0.39, 0.29) is 16.9 Å². The van der Waals surface area contributed by atoms with Crippen LogP contribution < -0.4 is 11.1 Å². The SMILES string of the molecule is CC(C)(C)CC(C)(C)Nc1ncnc(N)n1. The fourth-order valence-corrected chi connectivity index (χ4v) is 2.04. The van der Waals surface area contributed by atoms with Crippen LogP contribution in [-0.2, 0) is 0 Å². The Hall–Kier alpha value is -1.39. The third-order valence-electron chi connectivity index (χ3n) is 2.01. The van der Waals surface area contributed by atoms with Crippen molar-refractivity contribution in [2.24, 2.45) is 5.41 Å². The summed E-state index contributed by atoms with van der Waals surface area (Å²) < 4.78 is 0. The zero-order valence-electron chi connectivity index (χ0n) is 10.7. The van der Waals surface area contributed by atoms with Crippen LogP contribution >= 0.6 is 0 Å². The number of aromatic nitrogens is 3. The van der Waals surface area contributed by atoms with Gasteiger partial charge in [0.1, 0.15) is 6.33 Å². The molecular formula is C11H21N5. The molecule has 5 nitrogen and oxygen atoms in total. The normalized spacial score (nSPS) is 12.6. The van der Waals surface area contributed by atoms with Gasteiger partial charge in [-0.2, -0.15) is 4.98 Å². The summed E-state index contributed by atoms with van der Waals surface area (Å²) >= 11 is 0. The van der Waals surface area contributed by atoms with Gasteiger partial charge in [-0.15, -0.1) is 0 Å². The van der Waals surface area contributed by atoms with Gasteiger partial charge < -0.3 is 11.1 Å². The summed E-state index contributed by atoms with van der Waals surface area (Å²) in [7, 11) is 0. The van der Waals surface area contributed by atoms with Crippen LogP contribution in [0.1, 0.15) is 41.0 Å². The van der Waals surface area contributed by atoms with Crippen molar-refractivity contribution in [3.05, 3.63) is 6.33 Å². The molecular weight excluding hydrogens is 202 g/mol. The maximum absolute atomic E-state index is 5.50. The minimum Gasteiger partial charge on any atom is -0.368 e. The van der Waals surface area contributed by atoms with Crippen LogP contribution in [-0.4, -0.2) is 20.5 Å². The monoisotopic (exact) mass is 223 g/mol. The molecule has 16 heavy (non-hydrogen) atoms. The van der Waals surface area contributed by atoms with E-state index in [0.29, 0.717) is 5.95 Å². The van der Waals surface area contributed by atoms with Crippen molar-refractivity contribution in [1.82, 2.24) is 15.0 Å². The molecule has 0 saturated carbocycles. The number of anilines is 2. The number of nitrogens with two attached hydrogens (primary N) is 1. The predicted molar refractivity (Wildman–Crippen MR) is 66.0 cm³/mol. The van der Waals surface area contributed by atoms with Gasteiger partial charge in [0.15, 0.2) is 0 Å². The van der Waals surface area contributed by atoms with Crippen molar-refractivity contribution in [2.45, 2.75) is 46.6 Å². The summed E-state index contributed by atoms with van der Waals surface area (Å²) in [5, 5.41) is 3.27. The summed E-state index contributed by atoms with van der Waals surface area (Å²) in [4.78, 5) is 11.8. The summed E-state index contributed by atoms with van der Waals surface area (Å²) in [6.07, 6.45) is 2.42. The molecule has 0 bridgehead atoms. The Morgan fingerprint density at radius 1 is 1.19 bits per heavy atom. The lowest BCUT2D eigenvalue weighted by Gasteiger charge is -2.33. The van der Waals surface area contributed by atoms with Crippen molar-refractivity contribution >= 4 is 11.9 Å². The minimum atomic E-state index is -0.0773. The maximum atomic E-state index is 5.50. The van der Waals surface area contributed by atoms with E-state index in [1.165, 1.54) is 6.33 Å². The number of nitrogens with zero attached hydrogens (tertiary/aromatic N) is 3. The summed E-state index contributed by atoms with van der Waals surface area (Å²) in [6, 6.07) is 0. The van der Waals surface area contributed by atoms with Crippen LogP contribution in [0.25, 0.3) is 0 Å². The van der Waals surface area contributed by atoms with Crippen molar-refractivity contribution in [1.29, 1.82) is 0 Å². The molecule has 0 aliphatic heterocycles. The highest BCUT2D eigenvalue weighted by atomic mass is 15.2. The highest BCUT2D eigenvalue weighted by Gasteiger charge is 2.25. The number of rotatable bonds is 3. The van der Waals surface area contributed by atoms with Crippen LogP contribution in [0.3, 0.4) is 0 Å². The van der Waals surface area contributed by atoms with Gasteiger partial charge in [0.2, 0.25) is 11.9 Å². The first-order chi connectivity index (χ1) is 7.18. The molecule has 0 radical (unpaired) electrons. The van der Waals surface area contributed by atoms with Gasteiger partial charge in [-0.25, -0.2) is 9.97 Å². The molecule has 0 atom stereocenters. The highest BCUT2D eigenvalue weighted by molar-refractivity contribution is 5.31. The zero-order valence-corrected chi connectivity index (χ0v) is 10.7. The second kappa shape index (κ2) is 4.23. The van der Waals surface area contributed by atoms with Crippen LogP contribution in [0.15, 0.2) is 6.33 Å². The van der Waals surface area contributed by atoms with Crippen molar-refractivity contribution in [3.63, 3.8) is 0 Å². The molecule has 0 unspecified atom stereocenters. The lowest BCUT2D eigenvalue weighted by molar-refractivity contribution is 0.301. The van der Waals surface area contributed by atoms with Crippen molar-refractivity contribution in [3.8, 4) is 0 Å². The standard InChI is InChI=1S/C11H21N5/c1-10(2,3)6-11(4,5)16-9-14-7-13-8(12)15-9/h7H,6H2,1-5H3,(H3,12,13,14,15,16). The van der Waals surface area contributed by atoms with Gasteiger partial charge in [0.05, 0.1) is 0 Å². The predicted octanol–water partition coefficient (Wildman–Crippen LogP) is 2.08. The van der Waals surface area contributed by atoms with Gasteiger partial charge in [-0.05, 0) is 25.7 Å². The molecule has 1 heterocycles. The van der Waals surface area contributed by atoms with E-state index in [0.717, 1.165) is 6.42 Å². The lowest BCUT2D eigenvalue weighted by Crippen LogP contribution is -2.36. The molecule has 0 spiro atoms. The molecule has 0 aromatic carbocycles. The fourth-order valence-electron chi connectivity index (χ4n) is 2.04. The Morgan fingerprint density at radius 2 is 1.81 bits per heavy atom. The number of nitrogen functional groups attached to an aromatic ring is 1. The minimum absolute atomic E-state index is 0.0773. The second-order valence-electron chi connectivity index (χ2n) is 5.91. The third kappa shape index (κ3) is 4.42. The van der Waals surface area contributed by atoms with Crippen molar-refractivity contribution < 1.29 is 0 Å². The van der Waals surface area contributed by atoms with E-state index in [2.05, 4.69) is 54.9 Å². The first-order valence-corrected chi connectivity index (χ1v) is 5.41. The van der Waals surface area contributed by atoms with E-state index < -0.39 is 0 Å². The third-order valence-corrected chi connectivity index (χ3v) is 2.01. The first kappa shape index (κ1) is 12.7. The van der Waals surface area contributed by atoms with Gasteiger partial charge in [0, 0.05) is 5.54 Å². The smallest absolute Gasteiger partial charge is 0.227 e. The van der Waals surface area contributed by atoms with E-state index in [4.69, 9.17) is 5.73 Å². The molecule has 1 rings (SSSR count). The zero-order chi connectivity index (χ0) is 12.4. The molecule has 1 aromatic rings. The molecule has 0 amide bonds. The number of nitrogens with one attached hydrogen (secondary N) is 1. The first-order valence-electron chi connectivity index (χ1n) is 5.41. The van der Waals surface area contributed by atoms with Gasteiger partial charge in [-0.1, -0.05) is 20.8 Å². The Balaban J connectivity index is 2.72. The summed E-state index contributed by atoms with van der Waals surface area (Å²) in [5.74, 6) is 0.769. The topological polar surface area (TPSA) is 76.7 Å². The second-order valence-corrected chi connectivity index (χ2v) is 5.91. The average molecular weight is 223 g/mol. The van der Waals surface area contributed by atoms with Gasteiger partial charge in [0.25, 0.3) is 0 Å². The van der Waals surface area contributed by atoms with E-state index >= 15 is 0 Å². The van der Waals surface area contributed by atoms with Crippen LogP contribution in [0.5, 0.6) is 0 Å². The quantitative estimate of drug-likeness (QED) is 0.820. The fraction of sp³-hybridized carbons (Fsp3) is 0.727. The Kier molecular flexibility index (Phi) is 3.35. The van der Waals surface area contributed by atoms with Crippen molar-refractivity contribution in [2.75, 3.05) is 11.1 Å². The maximum Gasteiger partial charge on any atom is 0.227 e. The van der Waals surface area contributed by atoms with Crippen LogP contribution in [0.4, 0.5) is 11.9 Å². The van der Waals surface area contributed by atoms with Crippen LogP contribution in [0.2, 0.25) is 0 Å². The molecule has 0 saturated heterocycles. The van der Waals surface area contributed by atoms with Crippen LogP contribution in [0, 0.1) is 5.41 Å². The molecule has 90 valence electrons. The Labute approximate surface area is 96.9 Å². The molecule has 0 aliphatic rings. The number of hydrogen-bond acceptors (Lipinski definition) is 5. The highest BCUT2D eigenvalue weighted by Crippen LogP contribution is 2.28. The molecule has 0 aliphatic carbocycles. The van der Waals surface area contributed by atoms with E-state index in [9.17, 15) is 0 Å². The lowest BCUT2D eigenvalue weighted by atomic mass is 9.82. The summed E-state index contributed by atoms with van der Waals surface area (Å²) in [6.45, 7) is 10.9. The Bertz CT molecular complexity index is 354. The average Bonchev–Trinajstić information content (AvgIpc) is 1.96.